The number of hydrogen-bond donors (Lipinski definition) is 1. The lowest BCUT2D eigenvalue weighted by Gasteiger charge is -2.22. The normalized spacial score (nSPS) is 14.0. The highest BCUT2D eigenvalue weighted by atomic mass is 16.7. The average molecular weight is 338 g/mol. The van der Waals surface area contributed by atoms with Gasteiger partial charge in [-0.15, -0.1) is 0 Å². The predicted molar refractivity (Wildman–Crippen MR) is 97.5 cm³/mol. The molecule has 2 aromatic rings. The van der Waals surface area contributed by atoms with Crippen LogP contribution in [-0.4, -0.2) is 38.2 Å². The molecule has 0 radical (unpaired) electrons. The largest absolute Gasteiger partial charge is 0.454 e. The number of carbonyl (C=O) groups is 1. The summed E-state index contributed by atoms with van der Waals surface area (Å²) < 4.78 is 10.6. The molecule has 130 valence electrons. The average Bonchev–Trinajstić information content (AvgIpc) is 3.07. The summed E-state index contributed by atoms with van der Waals surface area (Å²) in [4.78, 5) is 14.4. The van der Waals surface area contributed by atoms with Gasteiger partial charge in [0.15, 0.2) is 11.5 Å². The summed E-state index contributed by atoms with van der Waals surface area (Å²) in [5, 5.41) is 3.06. The van der Waals surface area contributed by atoms with Crippen molar-refractivity contribution in [3.8, 4) is 11.5 Å². The topological polar surface area (TPSA) is 50.8 Å². The summed E-state index contributed by atoms with van der Waals surface area (Å²) in [6, 6.07) is 15.5. The van der Waals surface area contributed by atoms with Crippen LogP contribution < -0.4 is 14.8 Å². The molecule has 1 amide bonds. The van der Waals surface area contributed by atoms with Gasteiger partial charge in [0.2, 0.25) is 12.7 Å². The van der Waals surface area contributed by atoms with Crippen molar-refractivity contribution in [2.45, 2.75) is 6.04 Å². The number of carbonyl (C=O) groups excluding carboxylic acids is 1. The van der Waals surface area contributed by atoms with Crippen LogP contribution in [0.3, 0.4) is 0 Å². The molecule has 0 aromatic heterocycles. The van der Waals surface area contributed by atoms with Crippen LogP contribution in [0.25, 0.3) is 6.08 Å². The molecular formula is C20H22N2O3. The lowest BCUT2D eigenvalue weighted by Crippen LogP contribution is -2.34. The number of nitrogens with one attached hydrogen (secondary N) is 1. The molecule has 2 aromatic carbocycles. The molecule has 1 atom stereocenters. The van der Waals surface area contributed by atoms with E-state index in [1.165, 1.54) is 0 Å². The molecule has 0 saturated carbocycles. The van der Waals surface area contributed by atoms with Gasteiger partial charge < -0.3 is 19.7 Å². The van der Waals surface area contributed by atoms with E-state index < -0.39 is 0 Å². The molecule has 0 spiro atoms. The Balaban J connectivity index is 1.67. The zero-order valence-electron chi connectivity index (χ0n) is 14.4. The zero-order valence-corrected chi connectivity index (χ0v) is 14.4. The number of rotatable bonds is 6. The Labute approximate surface area is 147 Å². The molecule has 5 heteroatoms. The van der Waals surface area contributed by atoms with E-state index in [4.69, 9.17) is 9.47 Å². The fourth-order valence-electron chi connectivity index (χ4n) is 2.69. The van der Waals surface area contributed by atoms with E-state index in [2.05, 4.69) is 10.2 Å². The molecule has 5 nitrogen and oxygen atoms in total. The fourth-order valence-corrected chi connectivity index (χ4v) is 2.69. The standard InChI is InChI=1S/C20H22N2O3/c1-22(2)13-17(16-6-4-3-5-7-16)21-20(23)11-9-15-8-10-18-19(12-15)25-14-24-18/h3-12,17H,13-14H2,1-2H3,(H,21,23)/b11-9+/t17-/m0/s1. The first-order chi connectivity index (χ1) is 12.1. The molecule has 0 bridgehead atoms. The number of nitrogens with zero attached hydrogens (tertiary/aromatic N) is 1. The van der Waals surface area contributed by atoms with Gasteiger partial charge in [-0.25, -0.2) is 0 Å². The maximum absolute atomic E-state index is 12.3. The van der Waals surface area contributed by atoms with Crippen LogP contribution in [-0.2, 0) is 4.79 Å². The van der Waals surface area contributed by atoms with Crippen LogP contribution in [0.1, 0.15) is 17.2 Å². The van der Waals surface area contributed by atoms with Gasteiger partial charge in [0.05, 0.1) is 6.04 Å². The summed E-state index contributed by atoms with van der Waals surface area (Å²) in [6.45, 7) is 0.972. The first-order valence-electron chi connectivity index (χ1n) is 8.20. The van der Waals surface area contributed by atoms with Crippen LogP contribution >= 0.6 is 0 Å². The minimum absolute atomic E-state index is 0.0647. The van der Waals surface area contributed by atoms with Gasteiger partial charge in [0.1, 0.15) is 0 Å². The summed E-state index contributed by atoms with van der Waals surface area (Å²) in [6.07, 6.45) is 3.32. The van der Waals surface area contributed by atoms with Crippen molar-refractivity contribution in [2.24, 2.45) is 0 Å². The quantitative estimate of drug-likeness (QED) is 0.823. The minimum atomic E-state index is -0.131. The van der Waals surface area contributed by atoms with Crippen LogP contribution in [0.2, 0.25) is 0 Å². The third-order valence-electron chi connectivity index (χ3n) is 3.89. The smallest absolute Gasteiger partial charge is 0.244 e. The number of amides is 1. The highest BCUT2D eigenvalue weighted by Crippen LogP contribution is 2.32. The summed E-state index contributed by atoms with van der Waals surface area (Å²) in [7, 11) is 3.98. The Bertz CT molecular complexity index is 757. The van der Waals surface area contributed by atoms with E-state index in [1.807, 2.05) is 62.6 Å². The monoisotopic (exact) mass is 338 g/mol. The van der Waals surface area contributed by atoms with Crippen molar-refractivity contribution < 1.29 is 14.3 Å². The Hall–Kier alpha value is -2.79. The van der Waals surface area contributed by atoms with E-state index in [0.29, 0.717) is 5.75 Å². The minimum Gasteiger partial charge on any atom is -0.454 e. The highest BCUT2D eigenvalue weighted by Gasteiger charge is 2.15. The molecule has 0 unspecified atom stereocenters. The van der Waals surface area contributed by atoms with Gasteiger partial charge in [0, 0.05) is 12.6 Å². The van der Waals surface area contributed by atoms with Crippen molar-refractivity contribution >= 4 is 12.0 Å². The third kappa shape index (κ3) is 4.61. The molecule has 1 heterocycles. The lowest BCUT2D eigenvalue weighted by atomic mass is 10.1. The molecule has 0 aliphatic carbocycles. The SMILES string of the molecule is CN(C)C[C@H](NC(=O)/C=C/c1ccc2c(c1)OCO2)c1ccccc1. The molecular weight excluding hydrogens is 316 g/mol. The number of likely N-dealkylation sites (N-methyl/N-ethyl adjacent to an activating group) is 1. The number of ether oxygens (including phenoxy) is 2. The van der Waals surface area contributed by atoms with Crippen molar-refractivity contribution in [2.75, 3.05) is 27.4 Å². The van der Waals surface area contributed by atoms with Crippen LogP contribution in [0.5, 0.6) is 11.5 Å². The second kappa shape index (κ2) is 7.85. The van der Waals surface area contributed by atoms with Crippen LogP contribution in [0.15, 0.2) is 54.6 Å². The van der Waals surface area contributed by atoms with Crippen molar-refractivity contribution in [3.05, 3.63) is 65.7 Å². The fraction of sp³-hybridized carbons (Fsp3) is 0.250. The highest BCUT2D eigenvalue weighted by molar-refractivity contribution is 5.92. The Kier molecular flexibility index (Phi) is 5.36. The van der Waals surface area contributed by atoms with Crippen molar-refractivity contribution in [1.29, 1.82) is 0 Å². The predicted octanol–water partition coefficient (Wildman–Crippen LogP) is 2.85. The summed E-state index contributed by atoms with van der Waals surface area (Å²) in [5.41, 5.74) is 1.98. The molecule has 0 saturated heterocycles. The lowest BCUT2D eigenvalue weighted by molar-refractivity contribution is -0.117. The second-order valence-electron chi connectivity index (χ2n) is 6.18. The molecule has 1 aliphatic heterocycles. The first-order valence-corrected chi connectivity index (χ1v) is 8.20. The van der Waals surface area contributed by atoms with Crippen molar-refractivity contribution in [1.82, 2.24) is 10.2 Å². The van der Waals surface area contributed by atoms with Gasteiger partial charge in [-0.1, -0.05) is 36.4 Å². The Morgan fingerprint density at radius 3 is 2.68 bits per heavy atom. The third-order valence-corrected chi connectivity index (χ3v) is 3.89. The van der Waals surface area contributed by atoms with E-state index in [9.17, 15) is 4.79 Å². The number of benzene rings is 2. The number of hydrogen-bond acceptors (Lipinski definition) is 4. The summed E-state index contributed by atoms with van der Waals surface area (Å²) >= 11 is 0. The van der Waals surface area contributed by atoms with E-state index in [1.54, 1.807) is 12.2 Å². The van der Waals surface area contributed by atoms with Gasteiger partial charge in [0.25, 0.3) is 0 Å². The van der Waals surface area contributed by atoms with Gasteiger partial charge >= 0.3 is 0 Å². The van der Waals surface area contributed by atoms with E-state index in [0.717, 1.165) is 23.4 Å². The molecule has 1 aliphatic rings. The summed E-state index contributed by atoms with van der Waals surface area (Å²) in [5.74, 6) is 1.31. The second-order valence-corrected chi connectivity index (χ2v) is 6.18. The Morgan fingerprint density at radius 2 is 1.92 bits per heavy atom. The zero-order chi connectivity index (χ0) is 17.6. The molecule has 1 N–H and O–H groups in total. The van der Waals surface area contributed by atoms with Gasteiger partial charge in [-0.3, -0.25) is 4.79 Å². The maximum Gasteiger partial charge on any atom is 0.244 e. The van der Waals surface area contributed by atoms with Gasteiger partial charge in [-0.2, -0.15) is 0 Å². The number of fused-ring (bicyclic) bond motifs is 1. The van der Waals surface area contributed by atoms with Crippen LogP contribution in [0, 0.1) is 0 Å². The molecule has 3 rings (SSSR count). The maximum atomic E-state index is 12.3. The van der Waals surface area contributed by atoms with Crippen molar-refractivity contribution in [3.63, 3.8) is 0 Å². The first kappa shape index (κ1) is 17.0. The molecule has 25 heavy (non-hydrogen) atoms. The van der Waals surface area contributed by atoms with Crippen LogP contribution in [0.4, 0.5) is 0 Å². The molecule has 0 fully saturated rings. The van der Waals surface area contributed by atoms with E-state index in [-0.39, 0.29) is 18.7 Å². The van der Waals surface area contributed by atoms with E-state index >= 15 is 0 Å². The Morgan fingerprint density at radius 1 is 1.16 bits per heavy atom. The van der Waals surface area contributed by atoms with Gasteiger partial charge in [-0.05, 0) is 43.4 Å².